The fourth-order valence-corrected chi connectivity index (χ4v) is 3.80. The molecule has 0 aliphatic carbocycles. The number of halogens is 1. The molecule has 1 fully saturated rings. The smallest absolute Gasteiger partial charge is 0.145 e. The van der Waals surface area contributed by atoms with Crippen LogP contribution in [0.15, 0.2) is 11.4 Å². The second-order valence-corrected chi connectivity index (χ2v) is 6.78. The third-order valence-electron chi connectivity index (χ3n) is 3.92. The van der Waals surface area contributed by atoms with Crippen molar-refractivity contribution in [3.63, 3.8) is 0 Å². The summed E-state index contributed by atoms with van der Waals surface area (Å²) in [7, 11) is 0. The Morgan fingerprint density at radius 1 is 1.37 bits per heavy atom. The first kappa shape index (κ1) is 13.3. The average Bonchev–Trinajstić information content (AvgIpc) is 2.82. The van der Waals surface area contributed by atoms with E-state index in [1.54, 1.807) is 11.3 Å². The molecular formula is C14H18ClN3S. The number of aromatic nitrogens is 2. The molecule has 3 nitrogen and oxygen atoms in total. The highest BCUT2D eigenvalue weighted by Gasteiger charge is 2.23. The van der Waals surface area contributed by atoms with Gasteiger partial charge in [-0.15, -0.1) is 11.3 Å². The van der Waals surface area contributed by atoms with Crippen LogP contribution in [0.4, 0.5) is 0 Å². The number of likely N-dealkylation sites (tertiary alicyclic amines) is 1. The van der Waals surface area contributed by atoms with Crippen molar-refractivity contribution in [1.82, 2.24) is 14.9 Å². The number of piperidine rings is 1. The molecule has 0 bridgehead atoms. The number of hydrogen-bond donors (Lipinski definition) is 0. The number of rotatable bonds is 2. The van der Waals surface area contributed by atoms with Crippen molar-refractivity contribution in [3.8, 4) is 0 Å². The summed E-state index contributed by atoms with van der Waals surface area (Å²) in [5, 5.41) is 3.56. The van der Waals surface area contributed by atoms with Crippen molar-refractivity contribution in [2.45, 2.75) is 39.3 Å². The normalized spacial score (nSPS) is 25.0. The van der Waals surface area contributed by atoms with Gasteiger partial charge < -0.3 is 0 Å². The highest BCUT2D eigenvalue weighted by Crippen LogP contribution is 2.27. The second kappa shape index (κ2) is 5.35. The quantitative estimate of drug-likeness (QED) is 0.785. The Balaban J connectivity index is 1.84. The summed E-state index contributed by atoms with van der Waals surface area (Å²) in [6, 6.07) is 2.59. The Morgan fingerprint density at radius 3 is 3.05 bits per heavy atom. The van der Waals surface area contributed by atoms with Crippen LogP contribution in [0, 0.1) is 5.92 Å². The van der Waals surface area contributed by atoms with Crippen LogP contribution in [-0.2, 0) is 6.54 Å². The van der Waals surface area contributed by atoms with Crippen molar-refractivity contribution in [2.24, 2.45) is 5.92 Å². The number of nitrogens with zero attached hydrogens (tertiary/aromatic N) is 3. The first-order chi connectivity index (χ1) is 9.13. The maximum absolute atomic E-state index is 6.22. The third kappa shape index (κ3) is 2.76. The van der Waals surface area contributed by atoms with Crippen LogP contribution in [0.1, 0.15) is 32.5 Å². The van der Waals surface area contributed by atoms with Gasteiger partial charge in [0, 0.05) is 18.0 Å². The van der Waals surface area contributed by atoms with E-state index in [0.717, 1.165) is 35.0 Å². The zero-order chi connectivity index (χ0) is 13.4. The van der Waals surface area contributed by atoms with Gasteiger partial charge in [0.25, 0.3) is 0 Å². The number of hydrogen-bond acceptors (Lipinski definition) is 4. The zero-order valence-corrected chi connectivity index (χ0v) is 12.8. The standard InChI is InChI=1S/C14H18ClN3S/c1-9-3-4-10(2)18(7-9)8-12-16-13(15)11-5-6-19-14(11)17-12/h5-6,9-10H,3-4,7-8H2,1-2H3. The lowest BCUT2D eigenvalue weighted by molar-refractivity contribution is 0.114. The minimum atomic E-state index is 0.582. The van der Waals surface area contributed by atoms with Crippen molar-refractivity contribution in [1.29, 1.82) is 0 Å². The van der Waals surface area contributed by atoms with Crippen molar-refractivity contribution in [2.75, 3.05) is 6.54 Å². The van der Waals surface area contributed by atoms with Crippen molar-refractivity contribution in [3.05, 3.63) is 22.4 Å². The van der Waals surface area contributed by atoms with E-state index in [9.17, 15) is 0 Å². The fraction of sp³-hybridized carbons (Fsp3) is 0.571. The van der Waals surface area contributed by atoms with Crippen LogP contribution < -0.4 is 0 Å². The molecule has 2 aromatic rings. The lowest BCUT2D eigenvalue weighted by Gasteiger charge is -2.36. The molecule has 3 rings (SSSR count). The molecule has 1 aliphatic heterocycles. The predicted octanol–water partition coefficient (Wildman–Crippen LogP) is 3.97. The zero-order valence-electron chi connectivity index (χ0n) is 11.3. The van der Waals surface area contributed by atoms with E-state index in [2.05, 4.69) is 28.7 Å². The third-order valence-corrected chi connectivity index (χ3v) is 5.01. The van der Waals surface area contributed by atoms with Crippen LogP contribution >= 0.6 is 22.9 Å². The van der Waals surface area contributed by atoms with Gasteiger partial charge in [0.05, 0.1) is 6.54 Å². The Labute approximate surface area is 122 Å². The van der Waals surface area contributed by atoms with Crippen molar-refractivity contribution >= 4 is 33.2 Å². The number of fused-ring (bicyclic) bond motifs is 1. The monoisotopic (exact) mass is 295 g/mol. The van der Waals surface area contributed by atoms with Gasteiger partial charge in [-0.3, -0.25) is 4.90 Å². The van der Waals surface area contributed by atoms with E-state index >= 15 is 0 Å². The lowest BCUT2D eigenvalue weighted by atomic mass is 9.95. The molecule has 19 heavy (non-hydrogen) atoms. The van der Waals surface area contributed by atoms with Gasteiger partial charge in [0.2, 0.25) is 0 Å². The summed E-state index contributed by atoms with van der Waals surface area (Å²) in [5.41, 5.74) is 0. The average molecular weight is 296 g/mol. The van der Waals surface area contributed by atoms with Crippen LogP contribution in [0.25, 0.3) is 10.2 Å². The van der Waals surface area contributed by atoms with Crippen LogP contribution in [0.2, 0.25) is 5.15 Å². The molecule has 2 unspecified atom stereocenters. The highest BCUT2D eigenvalue weighted by molar-refractivity contribution is 7.16. The van der Waals surface area contributed by atoms with E-state index in [1.165, 1.54) is 12.8 Å². The van der Waals surface area contributed by atoms with E-state index in [4.69, 9.17) is 11.6 Å². The van der Waals surface area contributed by atoms with Crippen LogP contribution in [0.3, 0.4) is 0 Å². The summed E-state index contributed by atoms with van der Waals surface area (Å²) < 4.78 is 0. The summed E-state index contributed by atoms with van der Waals surface area (Å²) in [6.07, 6.45) is 2.58. The maximum atomic E-state index is 6.22. The molecule has 2 aromatic heterocycles. The molecule has 5 heteroatoms. The molecule has 1 saturated heterocycles. The lowest BCUT2D eigenvalue weighted by Crippen LogP contribution is -2.40. The maximum Gasteiger partial charge on any atom is 0.145 e. The second-order valence-electron chi connectivity index (χ2n) is 5.53. The van der Waals surface area contributed by atoms with Gasteiger partial charge in [0.15, 0.2) is 0 Å². The van der Waals surface area contributed by atoms with Crippen LogP contribution in [-0.4, -0.2) is 27.5 Å². The molecule has 2 atom stereocenters. The van der Waals surface area contributed by atoms with Crippen LogP contribution in [0.5, 0.6) is 0 Å². The van der Waals surface area contributed by atoms with Crippen molar-refractivity contribution < 1.29 is 0 Å². The Kier molecular flexibility index (Phi) is 3.74. The first-order valence-corrected chi connectivity index (χ1v) is 8.03. The van der Waals surface area contributed by atoms with Gasteiger partial charge >= 0.3 is 0 Å². The minimum absolute atomic E-state index is 0.582. The summed E-state index contributed by atoms with van der Waals surface area (Å²) in [5.74, 6) is 1.61. The Hall–Kier alpha value is -0.710. The molecule has 102 valence electrons. The largest absolute Gasteiger partial charge is 0.293 e. The SMILES string of the molecule is CC1CCC(C)N(Cc2nc(Cl)c3ccsc3n2)C1. The topological polar surface area (TPSA) is 29.0 Å². The number of thiophene rings is 1. The fourth-order valence-electron chi connectivity index (χ4n) is 2.71. The Morgan fingerprint density at radius 2 is 2.21 bits per heavy atom. The van der Waals surface area contributed by atoms with Gasteiger partial charge in [-0.25, -0.2) is 9.97 Å². The van der Waals surface area contributed by atoms with E-state index in [0.29, 0.717) is 11.2 Å². The first-order valence-electron chi connectivity index (χ1n) is 6.77. The highest BCUT2D eigenvalue weighted by atomic mass is 35.5. The molecule has 0 aromatic carbocycles. The summed E-state index contributed by atoms with van der Waals surface area (Å²) >= 11 is 7.85. The van der Waals surface area contributed by atoms with E-state index < -0.39 is 0 Å². The molecule has 1 aliphatic rings. The molecule has 0 N–H and O–H groups in total. The molecule has 0 radical (unpaired) electrons. The molecule has 0 spiro atoms. The van der Waals surface area contributed by atoms with Gasteiger partial charge in [0.1, 0.15) is 15.8 Å². The minimum Gasteiger partial charge on any atom is -0.293 e. The van der Waals surface area contributed by atoms with E-state index in [-0.39, 0.29) is 0 Å². The molecule has 3 heterocycles. The predicted molar refractivity (Wildman–Crippen MR) is 80.7 cm³/mol. The van der Waals surface area contributed by atoms with Gasteiger partial charge in [-0.2, -0.15) is 0 Å². The molecule has 0 amide bonds. The summed E-state index contributed by atoms with van der Waals surface area (Å²) in [4.78, 5) is 12.5. The van der Waals surface area contributed by atoms with Gasteiger partial charge in [-0.05, 0) is 37.1 Å². The van der Waals surface area contributed by atoms with E-state index in [1.807, 2.05) is 11.4 Å². The molecular weight excluding hydrogens is 278 g/mol. The molecule has 0 saturated carbocycles. The Bertz CT molecular complexity index is 583. The summed E-state index contributed by atoms with van der Waals surface area (Å²) in [6.45, 7) is 6.54. The van der Waals surface area contributed by atoms with Gasteiger partial charge in [-0.1, -0.05) is 18.5 Å².